The van der Waals surface area contributed by atoms with Crippen LogP contribution in [0, 0.1) is 0 Å². The van der Waals surface area contributed by atoms with Crippen LogP contribution in [-0.2, 0) is 0 Å². The average Bonchev–Trinajstić information content (AvgIpc) is 3.53. The maximum Gasteiger partial charge on any atom is 0.0630 e. The van der Waals surface area contributed by atoms with Crippen LogP contribution < -0.4 is 4.90 Å². The minimum atomic E-state index is 0.235. The number of para-hydroxylation sites is 1. The highest BCUT2D eigenvalue weighted by atomic mass is 15.2. The molecule has 1 aromatic heterocycles. The van der Waals surface area contributed by atoms with Crippen LogP contribution in [0.2, 0.25) is 0 Å². The molecule has 0 N–H and O–H groups in total. The van der Waals surface area contributed by atoms with Gasteiger partial charge < -0.3 is 9.47 Å². The summed E-state index contributed by atoms with van der Waals surface area (Å²) in [6.45, 7) is 0. The van der Waals surface area contributed by atoms with E-state index in [1.54, 1.807) is 0 Å². The Bertz CT molecular complexity index is 2190. The molecule has 0 fully saturated rings. The number of nitrogens with zero attached hydrogens (tertiary/aromatic N) is 2. The van der Waals surface area contributed by atoms with Crippen LogP contribution in [0.25, 0.3) is 49.0 Å². The van der Waals surface area contributed by atoms with Gasteiger partial charge in [-0.25, -0.2) is 0 Å². The molecule has 7 aromatic rings. The summed E-state index contributed by atoms with van der Waals surface area (Å²) < 4.78 is 2.45. The van der Waals surface area contributed by atoms with Crippen molar-refractivity contribution in [1.82, 2.24) is 4.57 Å². The molecule has 1 aliphatic heterocycles. The Morgan fingerprint density at radius 1 is 0.500 bits per heavy atom. The van der Waals surface area contributed by atoms with Crippen LogP contribution >= 0.6 is 0 Å². The van der Waals surface area contributed by atoms with Crippen molar-refractivity contribution >= 4 is 54.7 Å². The van der Waals surface area contributed by atoms with Crippen molar-refractivity contribution in [1.29, 1.82) is 0 Å². The molecule has 2 nitrogen and oxygen atoms in total. The maximum atomic E-state index is 2.57. The third-order valence-corrected chi connectivity index (χ3v) is 8.87. The standard InChI is InChI=1S/C38H26N2/c1-2-12-27-24-28(21-20-25(27)10-1)39-33-17-7-5-15-30(33)37-35(39)22-23-36-38(37)31-16-6-8-18-34(31)40(36)32-19-9-13-26-11-3-4-14-29(26)32/h1-24,31,34H. The number of allylic oxidation sites excluding steroid dienone is 2. The number of hydrogen-bond donors (Lipinski definition) is 0. The molecule has 1 aliphatic carbocycles. The van der Waals surface area contributed by atoms with Crippen molar-refractivity contribution in [3.05, 3.63) is 151 Å². The topological polar surface area (TPSA) is 8.17 Å². The first-order valence-corrected chi connectivity index (χ1v) is 14.0. The van der Waals surface area contributed by atoms with E-state index >= 15 is 0 Å². The van der Waals surface area contributed by atoms with Gasteiger partial charge >= 0.3 is 0 Å². The van der Waals surface area contributed by atoms with Gasteiger partial charge in [0.1, 0.15) is 0 Å². The first-order valence-electron chi connectivity index (χ1n) is 14.0. The van der Waals surface area contributed by atoms with E-state index in [1.165, 1.54) is 66.0 Å². The molecule has 2 heteroatoms. The predicted molar refractivity (Wildman–Crippen MR) is 169 cm³/mol. The summed E-state index contributed by atoms with van der Waals surface area (Å²) >= 11 is 0. The molecular weight excluding hydrogens is 484 g/mol. The van der Waals surface area contributed by atoms with Gasteiger partial charge in [-0.2, -0.15) is 0 Å². The molecule has 2 aliphatic rings. The van der Waals surface area contributed by atoms with Gasteiger partial charge in [-0.05, 0) is 58.1 Å². The lowest BCUT2D eigenvalue weighted by atomic mass is 9.88. The van der Waals surface area contributed by atoms with Gasteiger partial charge in [0.2, 0.25) is 0 Å². The zero-order valence-corrected chi connectivity index (χ0v) is 21.9. The van der Waals surface area contributed by atoms with E-state index in [4.69, 9.17) is 0 Å². The van der Waals surface area contributed by atoms with Crippen LogP contribution in [0.3, 0.4) is 0 Å². The smallest absolute Gasteiger partial charge is 0.0630 e. The molecule has 0 saturated heterocycles. The fourth-order valence-corrected chi connectivity index (χ4v) is 7.20. The molecule has 2 unspecified atom stereocenters. The average molecular weight is 511 g/mol. The van der Waals surface area contributed by atoms with E-state index in [0.29, 0.717) is 0 Å². The van der Waals surface area contributed by atoms with Crippen LogP contribution in [0.4, 0.5) is 11.4 Å². The second-order valence-corrected chi connectivity index (χ2v) is 10.9. The largest absolute Gasteiger partial charge is 0.333 e. The van der Waals surface area contributed by atoms with Gasteiger partial charge in [-0.1, -0.05) is 109 Å². The van der Waals surface area contributed by atoms with Gasteiger partial charge in [0.25, 0.3) is 0 Å². The lowest BCUT2D eigenvalue weighted by molar-refractivity contribution is 0.749. The second-order valence-electron chi connectivity index (χ2n) is 10.9. The molecule has 6 aromatic carbocycles. The first-order chi connectivity index (χ1) is 19.9. The quantitative estimate of drug-likeness (QED) is 0.225. The minimum Gasteiger partial charge on any atom is -0.333 e. The summed E-state index contributed by atoms with van der Waals surface area (Å²) in [5.41, 5.74) is 7.70. The molecular formula is C38H26N2. The summed E-state index contributed by atoms with van der Waals surface area (Å²) in [5.74, 6) is 0.276. The number of benzene rings is 6. The van der Waals surface area contributed by atoms with Crippen molar-refractivity contribution in [2.45, 2.75) is 12.0 Å². The molecule has 40 heavy (non-hydrogen) atoms. The Hall–Kier alpha value is -5.08. The van der Waals surface area contributed by atoms with E-state index in [9.17, 15) is 0 Å². The Morgan fingerprint density at radius 2 is 1.25 bits per heavy atom. The van der Waals surface area contributed by atoms with Gasteiger partial charge in [0, 0.05) is 39.1 Å². The lowest BCUT2D eigenvalue weighted by Gasteiger charge is -2.29. The van der Waals surface area contributed by atoms with E-state index in [0.717, 1.165) is 0 Å². The molecule has 0 amide bonds. The fraction of sp³-hybridized carbons (Fsp3) is 0.0526. The molecule has 0 radical (unpaired) electrons. The van der Waals surface area contributed by atoms with Crippen molar-refractivity contribution in [2.24, 2.45) is 0 Å². The van der Waals surface area contributed by atoms with E-state index in [-0.39, 0.29) is 12.0 Å². The predicted octanol–water partition coefficient (Wildman–Crippen LogP) is 9.82. The highest BCUT2D eigenvalue weighted by Crippen LogP contribution is 2.53. The molecule has 2 atom stereocenters. The third kappa shape index (κ3) is 2.93. The van der Waals surface area contributed by atoms with Crippen LogP contribution in [0.15, 0.2) is 146 Å². The van der Waals surface area contributed by atoms with Gasteiger partial charge in [-0.15, -0.1) is 0 Å². The number of anilines is 2. The van der Waals surface area contributed by atoms with E-state index < -0.39 is 0 Å². The maximum absolute atomic E-state index is 2.57. The Kier molecular flexibility index (Phi) is 4.48. The normalized spacial score (nSPS) is 17.8. The van der Waals surface area contributed by atoms with Gasteiger partial charge in [-0.3, -0.25) is 0 Å². The second kappa shape index (κ2) is 8.21. The lowest BCUT2D eigenvalue weighted by Crippen LogP contribution is -2.28. The molecule has 188 valence electrons. The summed E-state index contributed by atoms with van der Waals surface area (Å²) in [6.07, 6.45) is 9.20. The summed E-state index contributed by atoms with van der Waals surface area (Å²) in [4.78, 5) is 2.57. The molecule has 0 spiro atoms. The Balaban J connectivity index is 1.37. The van der Waals surface area contributed by atoms with Crippen LogP contribution in [-0.4, -0.2) is 10.6 Å². The SMILES string of the molecule is C1=CC2c3c(ccc4c3c3ccccc3n4-c3ccc4ccccc4c3)N(c3cccc4ccccc34)C2C=C1. The van der Waals surface area contributed by atoms with Crippen LogP contribution in [0.5, 0.6) is 0 Å². The number of aromatic nitrogens is 1. The van der Waals surface area contributed by atoms with E-state index in [1.807, 2.05) is 0 Å². The number of hydrogen-bond acceptors (Lipinski definition) is 1. The van der Waals surface area contributed by atoms with Crippen molar-refractivity contribution < 1.29 is 0 Å². The zero-order chi connectivity index (χ0) is 26.2. The first kappa shape index (κ1) is 21.8. The molecule has 0 bridgehead atoms. The van der Waals surface area contributed by atoms with Crippen LogP contribution in [0.1, 0.15) is 11.5 Å². The highest BCUT2D eigenvalue weighted by molar-refractivity contribution is 6.14. The summed E-state index contributed by atoms with van der Waals surface area (Å²) in [6, 6.07) is 44.7. The van der Waals surface area contributed by atoms with E-state index in [2.05, 4.69) is 155 Å². The molecule has 2 heterocycles. The van der Waals surface area contributed by atoms with Crippen molar-refractivity contribution in [2.75, 3.05) is 4.90 Å². The Labute approximate surface area is 232 Å². The molecule has 9 rings (SSSR count). The number of rotatable bonds is 2. The number of fused-ring (bicyclic) bond motifs is 9. The molecule has 0 saturated carbocycles. The minimum absolute atomic E-state index is 0.235. The third-order valence-electron chi connectivity index (χ3n) is 8.87. The summed E-state index contributed by atoms with van der Waals surface area (Å²) in [7, 11) is 0. The highest BCUT2D eigenvalue weighted by Gasteiger charge is 2.40. The Morgan fingerprint density at radius 3 is 2.17 bits per heavy atom. The van der Waals surface area contributed by atoms with Gasteiger partial charge in [0.05, 0.1) is 17.1 Å². The van der Waals surface area contributed by atoms with Crippen molar-refractivity contribution in [3.63, 3.8) is 0 Å². The monoisotopic (exact) mass is 510 g/mol. The van der Waals surface area contributed by atoms with Gasteiger partial charge in [0.15, 0.2) is 0 Å². The fourth-order valence-electron chi connectivity index (χ4n) is 7.20. The summed E-state index contributed by atoms with van der Waals surface area (Å²) in [5, 5.41) is 7.76. The zero-order valence-electron chi connectivity index (χ0n) is 21.9. The van der Waals surface area contributed by atoms with Crippen molar-refractivity contribution in [3.8, 4) is 5.69 Å².